The molecule has 0 bridgehead atoms. The van der Waals surface area contributed by atoms with Gasteiger partial charge in [0.1, 0.15) is 17.3 Å². The molecule has 0 saturated heterocycles. The number of halogens is 3. The van der Waals surface area contributed by atoms with E-state index in [0.29, 0.717) is 16.5 Å². The predicted molar refractivity (Wildman–Crippen MR) is 87.7 cm³/mol. The second-order valence-corrected chi connectivity index (χ2v) is 5.93. The monoisotopic (exact) mass is 371 g/mol. The highest BCUT2D eigenvalue weighted by Gasteiger charge is 2.14. The lowest BCUT2D eigenvalue weighted by Crippen LogP contribution is -2.18. The molecule has 1 N–H and O–H groups in total. The summed E-state index contributed by atoms with van der Waals surface area (Å²) in [6.45, 7) is 4.77. The minimum atomic E-state index is -0.280. The van der Waals surface area contributed by atoms with Gasteiger partial charge in [0.05, 0.1) is 4.47 Å². The fourth-order valence-corrected chi connectivity index (χ4v) is 2.81. The van der Waals surface area contributed by atoms with Gasteiger partial charge in [0.15, 0.2) is 0 Å². The summed E-state index contributed by atoms with van der Waals surface area (Å²) in [5, 5.41) is 3.88. The van der Waals surface area contributed by atoms with Crippen LogP contribution in [0.5, 0.6) is 11.5 Å². The van der Waals surface area contributed by atoms with Gasteiger partial charge in [-0.2, -0.15) is 0 Å². The van der Waals surface area contributed by atoms with Crippen molar-refractivity contribution in [2.24, 2.45) is 0 Å². The first kappa shape index (κ1) is 16.3. The number of hydrogen-bond acceptors (Lipinski definition) is 2. The van der Waals surface area contributed by atoms with Crippen LogP contribution in [0.2, 0.25) is 5.02 Å². The average Bonchev–Trinajstić information content (AvgIpc) is 2.43. The summed E-state index contributed by atoms with van der Waals surface area (Å²) in [5.41, 5.74) is 0.777. The van der Waals surface area contributed by atoms with Crippen LogP contribution in [0.1, 0.15) is 25.5 Å². The van der Waals surface area contributed by atoms with Gasteiger partial charge >= 0.3 is 0 Å². The molecule has 0 aliphatic heterocycles. The second-order valence-electron chi connectivity index (χ2n) is 4.64. The van der Waals surface area contributed by atoms with Crippen LogP contribution in [0, 0.1) is 5.82 Å². The molecular weight excluding hydrogens is 357 g/mol. The Balaban J connectivity index is 2.34. The zero-order valence-corrected chi connectivity index (χ0v) is 14.1. The quantitative estimate of drug-likeness (QED) is 0.726. The van der Waals surface area contributed by atoms with E-state index in [1.54, 1.807) is 24.3 Å². The fourth-order valence-electron chi connectivity index (χ4n) is 2.04. The Kier molecular flexibility index (Phi) is 5.62. The van der Waals surface area contributed by atoms with E-state index in [9.17, 15) is 4.39 Å². The number of rotatable bonds is 5. The van der Waals surface area contributed by atoms with Gasteiger partial charge in [0, 0.05) is 16.6 Å². The fraction of sp³-hybridized carbons (Fsp3) is 0.250. The lowest BCUT2D eigenvalue weighted by molar-refractivity contribution is 0.457. The van der Waals surface area contributed by atoms with Crippen LogP contribution in [-0.4, -0.2) is 6.54 Å². The van der Waals surface area contributed by atoms with Crippen molar-refractivity contribution in [3.05, 3.63) is 57.3 Å². The lowest BCUT2D eigenvalue weighted by atomic mass is 10.1. The summed E-state index contributed by atoms with van der Waals surface area (Å²) in [7, 11) is 0. The van der Waals surface area contributed by atoms with E-state index in [-0.39, 0.29) is 11.9 Å². The van der Waals surface area contributed by atoms with Gasteiger partial charge in [-0.25, -0.2) is 4.39 Å². The van der Waals surface area contributed by atoms with E-state index in [1.807, 2.05) is 13.8 Å². The third-order valence-electron chi connectivity index (χ3n) is 3.06. The van der Waals surface area contributed by atoms with Crippen LogP contribution >= 0.6 is 27.5 Å². The third kappa shape index (κ3) is 4.19. The molecule has 0 fully saturated rings. The number of ether oxygens (including phenoxy) is 1. The van der Waals surface area contributed by atoms with Crippen molar-refractivity contribution in [1.82, 2.24) is 5.32 Å². The van der Waals surface area contributed by atoms with E-state index in [2.05, 4.69) is 21.2 Å². The zero-order valence-electron chi connectivity index (χ0n) is 11.8. The molecule has 1 unspecified atom stereocenters. The Morgan fingerprint density at radius 1 is 1.24 bits per heavy atom. The van der Waals surface area contributed by atoms with Crippen LogP contribution in [0.4, 0.5) is 4.39 Å². The highest BCUT2D eigenvalue weighted by Crippen LogP contribution is 2.35. The van der Waals surface area contributed by atoms with E-state index < -0.39 is 0 Å². The van der Waals surface area contributed by atoms with Crippen molar-refractivity contribution < 1.29 is 9.13 Å². The van der Waals surface area contributed by atoms with E-state index in [0.717, 1.165) is 16.6 Å². The predicted octanol–water partition coefficient (Wildman–Crippen LogP) is 5.70. The van der Waals surface area contributed by atoms with Crippen molar-refractivity contribution in [1.29, 1.82) is 0 Å². The Labute approximate surface area is 137 Å². The second kappa shape index (κ2) is 7.25. The highest BCUT2D eigenvalue weighted by atomic mass is 79.9. The van der Waals surface area contributed by atoms with Gasteiger partial charge in [0.2, 0.25) is 0 Å². The summed E-state index contributed by atoms with van der Waals surface area (Å²) in [4.78, 5) is 0. The first-order valence-electron chi connectivity index (χ1n) is 6.67. The van der Waals surface area contributed by atoms with E-state index in [4.69, 9.17) is 16.3 Å². The van der Waals surface area contributed by atoms with E-state index >= 15 is 0 Å². The van der Waals surface area contributed by atoms with Crippen LogP contribution in [-0.2, 0) is 0 Å². The zero-order chi connectivity index (χ0) is 15.4. The molecule has 2 nitrogen and oxygen atoms in total. The normalized spacial score (nSPS) is 12.2. The van der Waals surface area contributed by atoms with Gasteiger partial charge in [-0.3, -0.25) is 0 Å². The molecule has 2 aromatic carbocycles. The molecule has 5 heteroatoms. The standard InChI is InChI=1S/C16H16BrClFNO/c1-3-20-10(2)13-9-12(19)5-7-15(13)21-16-6-4-11(18)8-14(16)17/h4-10,20H,3H2,1-2H3. The molecule has 1 atom stereocenters. The molecule has 0 amide bonds. The molecule has 21 heavy (non-hydrogen) atoms. The van der Waals surface area contributed by atoms with Crippen molar-refractivity contribution in [3.63, 3.8) is 0 Å². The smallest absolute Gasteiger partial charge is 0.141 e. The van der Waals surface area contributed by atoms with Crippen LogP contribution < -0.4 is 10.1 Å². The molecular formula is C16H16BrClFNO. The summed E-state index contributed by atoms with van der Waals surface area (Å²) < 4.78 is 20.2. The van der Waals surface area contributed by atoms with Crippen molar-refractivity contribution in [2.75, 3.05) is 6.54 Å². The van der Waals surface area contributed by atoms with Gasteiger partial charge in [-0.15, -0.1) is 0 Å². The van der Waals surface area contributed by atoms with Crippen molar-refractivity contribution in [3.8, 4) is 11.5 Å². The first-order chi connectivity index (χ1) is 10.0. The number of benzene rings is 2. The Morgan fingerprint density at radius 3 is 2.62 bits per heavy atom. The topological polar surface area (TPSA) is 21.3 Å². The van der Waals surface area contributed by atoms with E-state index in [1.165, 1.54) is 12.1 Å². The molecule has 0 spiro atoms. The molecule has 112 valence electrons. The van der Waals surface area contributed by atoms with Gasteiger partial charge < -0.3 is 10.1 Å². The Bertz CT molecular complexity index is 636. The minimum Gasteiger partial charge on any atom is -0.456 e. The Morgan fingerprint density at radius 2 is 1.95 bits per heavy atom. The molecule has 0 heterocycles. The van der Waals surface area contributed by atoms with Gasteiger partial charge in [-0.05, 0) is 65.8 Å². The summed E-state index contributed by atoms with van der Waals surface area (Å²) in [6, 6.07) is 9.80. The molecule has 2 aromatic rings. The molecule has 0 saturated carbocycles. The largest absolute Gasteiger partial charge is 0.456 e. The van der Waals surface area contributed by atoms with Gasteiger partial charge in [-0.1, -0.05) is 18.5 Å². The first-order valence-corrected chi connectivity index (χ1v) is 7.84. The maximum Gasteiger partial charge on any atom is 0.141 e. The van der Waals surface area contributed by atoms with Crippen LogP contribution in [0.25, 0.3) is 0 Å². The third-order valence-corrected chi connectivity index (χ3v) is 3.92. The maximum atomic E-state index is 13.5. The lowest BCUT2D eigenvalue weighted by Gasteiger charge is -2.18. The molecule has 2 rings (SSSR count). The molecule has 0 aliphatic rings. The highest BCUT2D eigenvalue weighted by molar-refractivity contribution is 9.10. The number of hydrogen-bond donors (Lipinski definition) is 1. The number of nitrogens with one attached hydrogen (secondary N) is 1. The Hall–Kier alpha value is -1.10. The molecule has 0 aliphatic carbocycles. The summed E-state index contributed by atoms with van der Waals surface area (Å²) in [5.74, 6) is 0.973. The summed E-state index contributed by atoms with van der Waals surface area (Å²) >= 11 is 9.33. The van der Waals surface area contributed by atoms with Crippen LogP contribution in [0.15, 0.2) is 40.9 Å². The minimum absolute atomic E-state index is 0.00762. The van der Waals surface area contributed by atoms with Crippen molar-refractivity contribution >= 4 is 27.5 Å². The summed E-state index contributed by atoms with van der Waals surface area (Å²) in [6.07, 6.45) is 0. The van der Waals surface area contributed by atoms with Gasteiger partial charge in [0.25, 0.3) is 0 Å². The molecule has 0 aromatic heterocycles. The SMILES string of the molecule is CCNC(C)c1cc(F)ccc1Oc1ccc(Cl)cc1Br. The van der Waals surface area contributed by atoms with Crippen molar-refractivity contribution in [2.45, 2.75) is 19.9 Å². The molecule has 0 radical (unpaired) electrons. The van der Waals surface area contributed by atoms with Crippen LogP contribution in [0.3, 0.4) is 0 Å². The average molecular weight is 373 g/mol. The maximum absolute atomic E-state index is 13.5.